The summed E-state index contributed by atoms with van der Waals surface area (Å²) in [7, 11) is 0. The van der Waals surface area contributed by atoms with Gasteiger partial charge in [0.05, 0.1) is 23.4 Å². The van der Waals surface area contributed by atoms with E-state index in [1.165, 1.54) is 11.1 Å². The van der Waals surface area contributed by atoms with Crippen LogP contribution in [0.1, 0.15) is 30.9 Å². The molecule has 0 atom stereocenters. The van der Waals surface area contributed by atoms with Crippen LogP contribution in [0.15, 0.2) is 48.5 Å². The number of benzene rings is 2. The van der Waals surface area contributed by atoms with Gasteiger partial charge in [0.15, 0.2) is 5.13 Å². The number of carbonyl (C=O) groups is 1. The van der Waals surface area contributed by atoms with Gasteiger partial charge in [-0.2, -0.15) is 0 Å². The van der Waals surface area contributed by atoms with Crippen molar-refractivity contribution in [2.75, 3.05) is 44.3 Å². The molecule has 0 radical (unpaired) electrons. The fraction of sp³-hybridized carbons (Fsp3) is 0.440. The minimum absolute atomic E-state index is 0.155. The van der Waals surface area contributed by atoms with Crippen molar-refractivity contribution in [3.8, 4) is 0 Å². The van der Waals surface area contributed by atoms with E-state index in [0.717, 1.165) is 67.5 Å². The highest BCUT2D eigenvalue weighted by molar-refractivity contribution is 7.22. The Bertz CT molecular complexity index is 983. The van der Waals surface area contributed by atoms with Gasteiger partial charge in [0.1, 0.15) is 0 Å². The molecule has 2 aromatic carbocycles. The summed E-state index contributed by atoms with van der Waals surface area (Å²) in [4.78, 5) is 22.5. The summed E-state index contributed by atoms with van der Waals surface area (Å²) in [6.07, 6.45) is 3.13. The topological polar surface area (TPSA) is 45.7 Å². The summed E-state index contributed by atoms with van der Waals surface area (Å²) in [5.74, 6) is 0.155. The second-order valence-electron chi connectivity index (χ2n) is 7.95. The highest BCUT2D eigenvalue weighted by Gasteiger charge is 2.21. The molecule has 2 heterocycles. The zero-order chi connectivity index (χ0) is 21.5. The Morgan fingerprint density at radius 1 is 1.13 bits per heavy atom. The molecule has 31 heavy (non-hydrogen) atoms. The zero-order valence-corrected chi connectivity index (χ0v) is 19.1. The largest absolute Gasteiger partial charge is 0.379 e. The third-order valence-electron chi connectivity index (χ3n) is 5.83. The second-order valence-corrected chi connectivity index (χ2v) is 8.96. The summed E-state index contributed by atoms with van der Waals surface area (Å²) in [6, 6.07) is 16.6. The van der Waals surface area contributed by atoms with Crippen molar-refractivity contribution in [3.63, 3.8) is 0 Å². The maximum Gasteiger partial charge on any atom is 0.229 e. The zero-order valence-electron chi connectivity index (χ0n) is 18.3. The first-order chi connectivity index (χ1) is 15.2. The number of aromatic nitrogens is 1. The molecule has 1 aliphatic rings. The smallest absolute Gasteiger partial charge is 0.229 e. The van der Waals surface area contributed by atoms with E-state index in [9.17, 15) is 4.79 Å². The number of hydrogen-bond donors (Lipinski definition) is 0. The third kappa shape index (κ3) is 5.70. The van der Waals surface area contributed by atoms with Gasteiger partial charge in [0.2, 0.25) is 5.91 Å². The average Bonchev–Trinajstić information content (AvgIpc) is 3.25. The standard InChI is InChI=1S/C25H31N3O2S/c1-2-21-10-6-11-22-24(21)26-25(31-22)28(15-7-14-27-16-18-30-19-17-27)23(29)13-12-20-8-4-3-5-9-20/h3-6,8-11H,2,7,12-19H2,1H3. The van der Waals surface area contributed by atoms with Crippen LogP contribution >= 0.6 is 11.3 Å². The van der Waals surface area contributed by atoms with Crippen LogP contribution < -0.4 is 4.90 Å². The van der Waals surface area contributed by atoms with Crippen molar-refractivity contribution < 1.29 is 9.53 Å². The summed E-state index contributed by atoms with van der Waals surface area (Å²) < 4.78 is 6.61. The van der Waals surface area contributed by atoms with Gasteiger partial charge in [-0.1, -0.05) is 60.7 Å². The van der Waals surface area contributed by atoms with Crippen molar-refractivity contribution in [1.29, 1.82) is 0 Å². The van der Waals surface area contributed by atoms with E-state index >= 15 is 0 Å². The number of para-hydroxylation sites is 1. The Labute approximate surface area is 188 Å². The maximum atomic E-state index is 13.3. The predicted molar refractivity (Wildman–Crippen MR) is 128 cm³/mol. The van der Waals surface area contributed by atoms with E-state index < -0.39 is 0 Å². The fourth-order valence-corrected chi connectivity index (χ4v) is 5.09. The van der Waals surface area contributed by atoms with Gasteiger partial charge in [-0.25, -0.2) is 4.98 Å². The first-order valence-corrected chi connectivity index (χ1v) is 12.1. The van der Waals surface area contributed by atoms with Crippen molar-refractivity contribution in [3.05, 3.63) is 59.7 Å². The molecule has 0 unspecified atom stereocenters. The number of rotatable bonds is 9. The van der Waals surface area contributed by atoms with Crippen LogP contribution in [0.3, 0.4) is 0 Å². The first-order valence-electron chi connectivity index (χ1n) is 11.3. The number of aryl methyl sites for hydroxylation is 2. The molecule has 1 aliphatic heterocycles. The molecule has 5 nitrogen and oxygen atoms in total. The molecule has 3 aromatic rings. The Morgan fingerprint density at radius 3 is 2.71 bits per heavy atom. The molecule has 1 aromatic heterocycles. The van der Waals surface area contributed by atoms with E-state index in [1.54, 1.807) is 11.3 Å². The van der Waals surface area contributed by atoms with Gasteiger partial charge >= 0.3 is 0 Å². The number of morpholine rings is 1. The number of nitrogens with zero attached hydrogens (tertiary/aromatic N) is 3. The molecule has 1 fully saturated rings. The van der Waals surface area contributed by atoms with Crippen LogP contribution in [-0.2, 0) is 22.4 Å². The quantitative estimate of drug-likeness (QED) is 0.493. The molecule has 4 rings (SSSR count). The van der Waals surface area contributed by atoms with Crippen LogP contribution in [0.2, 0.25) is 0 Å². The summed E-state index contributed by atoms with van der Waals surface area (Å²) >= 11 is 1.63. The number of amides is 1. The van der Waals surface area contributed by atoms with Crippen molar-refractivity contribution >= 4 is 32.6 Å². The molecule has 0 N–H and O–H groups in total. The molecular formula is C25H31N3O2S. The van der Waals surface area contributed by atoms with E-state index in [-0.39, 0.29) is 5.91 Å². The molecule has 164 valence electrons. The van der Waals surface area contributed by atoms with E-state index in [1.807, 2.05) is 23.1 Å². The van der Waals surface area contributed by atoms with E-state index in [2.05, 4.69) is 42.2 Å². The van der Waals surface area contributed by atoms with Gasteiger partial charge < -0.3 is 4.74 Å². The van der Waals surface area contributed by atoms with Gasteiger partial charge in [-0.3, -0.25) is 14.6 Å². The highest BCUT2D eigenvalue weighted by Crippen LogP contribution is 2.31. The number of carbonyl (C=O) groups excluding carboxylic acids is 1. The van der Waals surface area contributed by atoms with Crippen molar-refractivity contribution in [2.24, 2.45) is 0 Å². The predicted octanol–water partition coefficient (Wildman–Crippen LogP) is 4.55. The molecule has 6 heteroatoms. The molecule has 0 saturated carbocycles. The minimum atomic E-state index is 0.155. The van der Waals surface area contributed by atoms with Crippen LogP contribution in [0.5, 0.6) is 0 Å². The number of fused-ring (bicyclic) bond motifs is 1. The number of thiazole rings is 1. The van der Waals surface area contributed by atoms with E-state index in [4.69, 9.17) is 9.72 Å². The summed E-state index contributed by atoms with van der Waals surface area (Å²) in [5.41, 5.74) is 3.48. The monoisotopic (exact) mass is 437 g/mol. The van der Waals surface area contributed by atoms with Crippen LogP contribution in [0.4, 0.5) is 5.13 Å². The fourth-order valence-electron chi connectivity index (χ4n) is 4.03. The molecule has 0 bridgehead atoms. The molecule has 1 saturated heterocycles. The lowest BCUT2D eigenvalue weighted by molar-refractivity contribution is -0.118. The SMILES string of the molecule is CCc1cccc2sc(N(CCCN3CCOCC3)C(=O)CCc3ccccc3)nc12. The lowest BCUT2D eigenvalue weighted by Gasteiger charge is -2.27. The lowest BCUT2D eigenvalue weighted by atomic mass is 10.1. The number of anilines is 1. The number of hydrogen-bond acceptors (Lipinski definition) is 5. The average molecular weight is 438 g/mol. The van der Waals surface area contributed by atoms with Crippen molar-refractivity contribution in [2.45, 2.75) is 32.6 Å². The Balaban J connectivity index is 1.49. The summed E-state index contributed by atoms with van der Waals surface area (Å²) in [5, 5.41) is 0.830. The molecule has 0 aliphatic carbocycles. The molecule has 1 amide bonds. The Hall–Kier alpha value is -2.28. The Morgan fingerprint density at radius 2 is 1.94 bits per heavy atom. The Kier molecular flexibility index (Phi) is 7.67. The van der Waals surface area contributed by atoms with Crippen LogP contribution in [0, 0.1) is 0 Å². The van der Waals surface area contributed by atoms with Crippen LogP contribution in [0.25, 0.3) is 10.2 Å². The van der Waals surface area contributed by atoms with Gasteiger partial charge in [-0.05, 0) is 36.5 Å². The third-order valence-corrected chi connectivity index (χ3v) is 6.88. The molecular weight excluding hydrogens is 406 g/mol. The minimum Gasteiger partial charge on any atom is -0.379 e. The first kappa shape index (κ1) is 21.9. The van der Waals surface area contributed by atoms with Crippen molar-refractivity contribution in [1.82, 2.24) is 9.88 Å². The lowest BCUT2D eigenvalue weighted by Crippen LogP contribution is -2.39. The highest BCUT2D eigenvalue weighted by atomic mass is 32.1. The van der Waals surface area contributed by atoms with Gasteiger partial charge in [0.25, 0.3) is 0 Å². The molecule has 0 spiro atoms. The number of ether oxygens (including phenoxy) is 1. The summed E-state index contributed by atoms with van der Waals surface area (Å²) in [6.45, 7) is 7.39. The van der Waals surface area contributed by atoms with Crippen LogP contribution in [-0.4, -0.2) is 55.2 Å². The maximum absolute atomic E-state index is 13.3. The normalized spacial score (nSPS) is 14.7. The van der Waals surface area contributed by atoms with E-state index in [0.29, 0.717) is 13.0 Å². The van der Waals surface area contributed by atoms with Gasteiger partial charge in [-0.15, -0.1) is 0 Å². The van der Waals surface area contributed by atoms with Gasteiger partial charge in [0, 0.05) is 32.6 Å². The second kappa shape index (κ2) is 10.8.